The number of carbonyl (C=O) groups is 1. The number of anilines is 1. The van der Waals surface area contributed by atoms with Crippen molar-refractivity contribution in [2.24, 2.45) is 0 Å². The highest BCUT2D eigenvalue weighted by molar-refractivity contribution is 6.04. The van der Waals surface area contributed by atoms with Crippen molar-refractivity contribution in [3.8, 4) is 11.6 Å². The summed E-state index contributed by atoms with van der Waals surface area (Å²) in [6.45, 7) is 1.80. The molecule has 0 aliphatic carbocycles. The number of ether oxygens (including phenoxy) is 1. The fraction of sp³-hybridized carbons (Fsp3) is 0.0556. The minimum atomic E-state index is -0.725. The maximum atomic E-state index is 13.6. The quantitative estimate of drug-likeness (QED) is 0.776. The smallest absolute Gasteiger partial charge is 0.255 e. The van der Waals surface area contributed by atoms with E-state index in [-0.39, 0.29) is 17.1 Å². The molecule has 0 unspecified atom stereocenters. The minimum absolute atomic E-state index is 0.223. The molecule has 0 aliphatic rings. The summed E-state index contributed by atoms with van der Waals surface area (Å²) in [7, 11) is 0. The van der Waals surface area contributed by atoms with E-state index in [1.165, 1.54) is 12.1 Å². The Labute approximate surface area is 142 Å². The number of aryl methyl sites for hydroxylation is 1. The molecule has 126 valence electrons. The van der Waals surface area contributed by atoms with Gasteiger partial charge in [-0.2, -0.15) is 5.10 Å². The van der Waals surface area contributed by atoms with Gasteiger partial charge in [-0.25, -0.2) is 8.78 Å². The fourth-order valence-electron chi connectivity index (χ4n) is 2.05. The van der Waals surface area contributed by atoms with Crippen molar-refractivity contribution in [3.05, 3.63) is 77.5 Å². The van der Waals surface area contributed by atoms with Crippen molar-refractivity contribution < 1.29 is 18.3 Å². The van der Waals surface area contributed by atoms with Gasteiger partial charge in [0, 0.05) is 17.7 Å². The monoisotopic (exact) mass is 341 g/mol. The second kappa shape index (κ2) is 7.04. The van der Waals surface area contributed by atoms with Crippen molar-refractivity contribution in [1.82, 2.24) is 10.2 Å². The van der Waals surface area contributed by atoms with Crippen LogP contribution in [0.2, 0.25) is 0 Å². The van der Waals surface area contributed by atoms with Crippen LogP contribution < -0.4 is 10.1 Å². The summed E-state index contributed by atoms with van der Waals surface area (Å²) in [6.07, 6.45) is 0. The molecule has 0 radical (unpaired) electrons. The zero-order chi connectivity index (χ0) is 17.8. The van der Waals surface area contributed by atoms with E-state index in [0.717, 1.165) is 23.9 Å². The minimum Gasteiger partial charge on any atom is -0.438 e. The van der Waals surface area contributed by atoms with E-state index in [2.05, 4.69) is 15.5 Å². The van der Waals surface area contributed by atoms with Gasteiger partial charge in [0.2, 0.25) is 5.88 Å². The standard InChI is InChI=1S/C18H13F2N3O2/c1-11-5-8-17(23-22-11)25-14-4-2-3-12(9-14)18(24)21-16-10-13(19)6-7-15(16)20/h2-10H,1H3,(H,21,24). The maximum Gasteiger partial charge on any atom is 0.255 e. The summed E-state index contributed by atoms with van der Waals surface area (Å²) in [4.78, 5) is 12.2. The van der Waals surface area contributed by atoms with Gasteiger partial charge < -0.3 is 10.1 Å². The third-order valence-electron chi connectivity index (χ3n) is 3.27. The molecule has 0 spiro atoms. The van der Waals surface area contributed by atoms with E-state index < -0.39 is 17.5 Å². The van der Waals surface area contributed by atoms with E-state index in [1.54, 1.807) is 31.2 Å². The summed E-state index contributed by atoms with van der Waals surface area (Å²) in [5.74, 6) is -1.32. The summed E-state index contributed by atoms with van der Waals surface area (Å²) in [5, 5.41) is 10.1. The highest BCUT2D eigenvalue weighted by atomic mass is 19.1. The zero-order valence-electron chi connectivity index (χ0n) is 13.2. The predicted octanol–water partition coefficient (Wildman–Crippen LogP) is 4.11. The lowest BCUT2D eigenvalue weighted by Crippen LogP contribution is -2.13. The Morgan fingerprint density at radius 3 is 2.64 bits per heavy atom. The third kappa shape index (κ3) is 4.14. The molecule has 1 aromatic heterocycles. The number of hydrogen-bond acceptors (Lipinski definition) is 4. The van der Waals surface area contributed by atoms with Gasteiger partial charge >= 0.3 is 0 Å². The molecule has 1 heterocycles. The number of hydrogen-bond donors (Lipinski definition) is 1. The molecule has 7 heteroatoms. The number of halogens is 2. The molecular weight excluding hydrogens is 328 g/mol. The van der Waals surface area contributed by atoms with Crippen molar-refractivity contribution in [2.75, 3.05) is 5.32 Å². The van der Waals surface area contributed by atoms with Crippen LogP contribution in [0, 0.1) is 18.6 Å². The lowest BCUT2D eigenvalue weighted by molar-refractivity contribution is 0.102. The molecule has 0 saturated heterocycles. The Bertz CT molecular complexity index is 914. The zero-order valence-corrected chi connectivity index (χ0v) is 13.2. The molecule has 0 saturated carbocycles. The number of carbonyl (C=O) groups excluding carboxylic acids is 1. The van der Waals surface area contributed by atoms with Crippen molar-refractivity contribution in [1.29, 1.82) is 0 Å². The summed E-state index contributed by atoms with van der Waals surface area (Å²) in [6, 6.07) is 12.5. The first kappa shape index (κ1) is 16.5. The topological polar surface area (TPSA) is 64.1 Å². The van der Waals surface area contributed by atoms with Crippen LogP contribution in [0.25, 0.3) is 0 Å². The molecule has 0 atom stereocenters. The van der Waals surface area contributed by atoms with Gasteiger partial charge in [-0.3, -0.25) is 4.79 Å². The Hall–Kier alpha value is -3.35. The number of amides is 1. The molecule has 5 nitrogen and oxygen atoms in total. The van der Waals surface area contributed by atoms with Gasteiger partial charge in [0.15, 0.2) is 0 Å². The molecule has 1 amide bonds. The van der Waals surface area contributed by atoms with E-state index in [0.29, 0.717) is 5.75 Å². The SMILES string of the molecule is Cc1ccc(Oc2cccc(C(=O)Nc3cc(F)ccc3F)c2)nn1. The van der Waals surface area contributed by atoms with E-state index in [9.17, 15) is 13.6 Å². The second-order valence-corrected chi connectivity index (χ2v) is 5.22. The van der Waals surface area contributed by atoms with Crippen LogP contribution in [-0.4, -0.2) is 16.1 Å². The summed E-state index contributed by atoms with van der Waals surface area (Å²) < 4.78 is 32.3. The van der Waals surface area contributed by atoms with Crippen molar-refractivity contribution in [2.45, 2.75) is 6.92 Å². The fourth-order valence-corrected chi connectivity index (χ4v) is 2.05. The number of benzene rings is 2. The summed E-state index contributed by atoms with van der Waals surface area (Å²) >= 11 is 0. The lowest BCUT2D eigenvalue weighted by atomic mass is 10.2. The average molecular weight is 341 g/mol. The van der Waals surface area contributed by atoms with Gasteiger partial charge in [-0.1, -0.05) is 6.07 Å². The van der Waals surface area contributed by atoms with Gasteiger partial charge in [0.25, 0.3) is 5.91 Å². The Morgan fingerprint density at radius 2 is 1.88 bits per heavy atom. The molecule has 0 fully saturated rings. The predicted molar refractivity (Wildman–Crippen MR) is 87.6 cm³/mol. The Kier molecular flexibility index (Phi) is 4.65. The molecule has 1 N–H and O–H groups in total. The average Bonchev–Trinajstić information content (AvgIpc) is 2.60. The van der Waals surface area contributed by atoms with Crippen LogP contribution in [0.5, 0.6) is 11.6 Å². The first-order valence-electron chi connectivity index (χ1n) is 7.36. The molecule has 3 rings (SSSR count). The second-order valence-electron chi connectivity index (χ2n) is 5.22. The van der Waals surface area contributed by atoms with Gasteiger partial charge in [-0.15, -0.1) is 5.10 Å². The molecule has 0 bridgehead atoms. The maximum absolute atomic E-state index is 13.6. The van der Waals surface area contributed by atoms with E-state index in [4.69, 9.17) is 4.74 Å². The first-order chi connectivity index (χ1) is 12.0. The van der Waals surface area contributed by atoms with E-state index in [1.807, 2.05) is 0 Å². The highest BCUT2D eigenvalue weighted by Gasteiger charge is 2.11. The molecule has 2 aromatic carbocycles. The van der Waals surface area contributed by atoms with Gasteiger partial charge in [-0.05, 0) is 43.3 Å². The van der Waals surface area contributed by atoms with Gasteiger partial charge in [0.05, 0.1) is 11.4 Å². The van der Waals surface area contributed by atoms with Crippen LogP contribution in [0.15, 0.2) is 54.6 Å². The highest BCUT2D eigenvalue weighted by Crippen LogP contribution is 2.21. The molecule has 0 aliphatic heterocycles. The van der Waals surface area contributed by atoms with Crippen molar-refractivity contribution >= 4 is 11.6 Å². The normalized spacial score (nSPS) is 10.4. The summed E-state index contributed by atoms with van der Waals surface area (Å²) in [5.41, 5.74) is 0.736. The number of rotatable bonds is 4. The Morgan fingerprint density at radius 1 is 1.04 bits per heavy atom. The lowest BCUT2D eigenvalue weighted by Gasteiger charge is -2.08. The number of nitrogens with one attached hydrogen (secondary N) is 1. The largest absolute Gasteiger partial charge is 0.438 e. The van der Waals surface area contributed by atoms with Crippen LogP contribution in [0.4, 0.5) is 14.5 Å². The molecular formula is C18H13F2N3O2. The van der Waals surface area contributed by atoms with Gasteiger partial charge in [0.1, 0.15) is 17.4 Å². The van der Waals surface area contributed by atoms with E-state index >= 15 is 0 Å². The number of aromatic nitrogens is 2. The van der Waals surface area contributed by atoms with Crippen LogP contribution in [0.3, 0.4) is 0 Å². The Balaban J connectivity index is 1.77. The van der Waals surface area contributed by atoms with Crippen LogP contribution >= 0.6 is 0 Å². The molecule has 25 heavy (non-hydrogen) atoms. The first-order valence-corrected chi connectivity index (χ1v) is 7.36. The van der Waals surface area contributed by atoms with Crippen LogP contribution in [0.1, 0.15) is 16.1 Å². The number of nitrogens with zero attached hydrogens (tertiary/aromatic N) is 2. The molecule has 3 aromatic rings. The third-order valence-corrected chi connectivity index (χ3v) is 3.27. The van der Waals surface area contributed by atoms with Crippen molar-refractivity contribution in [3.63, 3.8) is 0 Å². The van der Waals surface area contributed by atoms with Crippen LogP contribution in [-0.2, 0) is 0 Å².